The van der Waals surface area contributed by atoms with Crippen LogP contribution in [0.5, 0.6) is 0 Å². The molecule has 1 heterocycles. The largest absolute Gasteiger partial charge is 0.325 e. The van der Waals surface area contributed by atoms with Crippen LogP contribution in [0.1, 0.15) is 17.5 Å². The van der Waals surface area contributed by atoms with E-state index in [-0.39, 0.29) is 5.82 Å². The maximum atomic E-state index is 13.3. The second kappa shape index (κ2) is 5.54. The smallest absolute Gasteiger partial charge is 0.123 e. The Morgan fingerprint density at radius 1 is 1.14 bits per heavy atom. The summed E-state index contributed by atoms with van der Waals surface area (Å²) in [6.07, 6.45) is 1.31. The highest BCUT2D eigenvalue weighted by atomic mass is 32.1. The Labute approximate surface area is 127 Å². The second-order valence-corrected chi connectivity index (χ2v) is 6.83. The van der Waals surface area contributed by atoms with E-state index in [1.807, 2.05) is 31.2 Å². The summed E-state index contributed by atoms with van der Waals surface area (Å²) in [5.74, 6) is -0.219. The van der Waals surface area contributed by atoms with E-state index < -0.39 is 5.54 Å². The van der Waals surface area contributed by atoms with E-state index in [1.165, 1.54) is 10.8 Å². The maximum Gasteiger partial charge on any atom is 0.123 e. The molecule has 1 unspecified atom stereocenters. The third-order valence-corrected chi connectivity index (χ3v) is 4.43. The number of hydrogen-bond acceptors (Lipinski definition) is 3. The Bertz CT molecular complexity index is 731. The topological polar surface area (TPSA) is 38.9 Å². The first-order valence-electron chi connectivity index (χ1n) is 6.90. The number of benzene rings is 2. The van der Waals surface area contributed by atoms with Crippen molar-refractivity contribution in [1.82, 2.24) is 4.98 Å². The van der Waals surface area contributed by atoms with Crippen molar-refractivity contribution in [3.63, 3.8) is 0 Å². The fourth-order valence-corrected chi connectivity index (χ4v) is 3.68. The monoisotopic (exact) mass is 300 g/mol. The maximum absolute atomic E-state index is 13.3. The van der Waals surface area contributed by atoms with E-state index in [4.69, 9.17) is 5.73 Å². The van der Waals surface area contributed by atoms with Gasteiger partial charge in [-0.3, -0.25) is 0 Å². The number of halogens is 1. The van der Waals surface area contributed by atoms with Crippen molar-refractivity contribution < 1.29 is 4.39 Å². The van der Waals surface area contributed by atoms with Gasteiger partial charge in [0.15, 0.2) is 0 Å². The summed E-state index contributed by atoms with van der Waals surface area (Å²) >= 11 is 1.67. The third kappa shape index (κ3) is 3.46. The van der Waals surface area contributed by atoms with Crippen LogP contribution in [0.4, 0.5) is 4.39 Å². The summed E-state index contributed by atoms with van der Waals surface area (Å²) < 4.78 is 14.4. The minimum Gasteiger partial charge on any atom is -0.325 e. The number of fused-ring (bicyclic) bond motifs is 1. The van der Waals surface area contributed by atoms with Crippen LogP contribution in [0, 0.1) is 5.82 Å². The van der Waals surface area contributed by atoms with E-state index in [0.29, 0.717) is 12.8 Å². The SMILES string of the molecule is CC(N)(Cc1cccc(F)c1)Cc1nc2ccccc2s1. The van der Waals surface area contributed by atoms with Crippen LogP contribution < -0.4 is 5.73 Å². The van der Waals surface area contributed by atoms with E-state index in [2.05, 4.69) is 11.1 Å². The molecule has 1 aromatic heterocycles. The molecule has 2 nitrogen and oxygen atoms in total. The number of nitrogens with zero attached hydrogens (tertiary/aromatic N) is 1. The van der Waals surface area contributed by atoms with Crippen molar-refractivity contribution in [1.29, 1.82) is 0 Å². The molecule has 0 amide bonds. The Balaban J connectivity index is 1.78. The average molecular weight is 300 g/mol. The van der Waals surface area contributed by atoms with Gasteiger partial charge in [0.2, 0.25) is 0 Å². The summed E-state index contributed by atoms with van der Waals surface area (Å²) in [6.45, 7) is 1.99. The summed E-state index contributed by atoms with van der Waals surface area (Å²) in [4.78, 5) is 4.62. The van der Waals surface area contributed by atoms with Gasteiger partial charge in [-0.2, -0.15) is 0 Å². The lowest BCUT2D eigenvalue weighted by atomic mass is 9.91. The molecule has 2 aromatic carbocycles. The lowest BCUT2D eigenvalue weighted by Gasteiger charge is -2.23. The molecule has 2 N–H and O–H groups in total. The Morgan fingerprint density at radius 2 is 1.95 bits per heavy atom. The standard InChI is InChI=1S/C17H17FN2S/c1-17(19,10-12-5-4-6-13(18)9-12)11-16-20-14-7-2-3-8-15(14)21-16/h2-9H,10-11,19H2,1H3. The minimum atomic E-state index is -0.443. The van der Waals surface area contributed by atoms with Gasteiger partial charge in [0.05, 0.1) is 15.2 Å². The molecule has 3 rings (SSSR count). The molecule has 0 bridgehead atoms. The molecular formula is C17H17FN2S. The van der Waals surface area contributed by atoms with Gasteiger partial charge in [-0.05, 0) is 43.2 Å². The molecule has 21 heavy (non-hydrogen) atoms. The minimum absolute atomic E-state index is 0.219. The van der Waals surface area contributed by atoms with Crippen LogP contribution in [0.15, 0.2) is 48.5 Å². The van der Waals surface area contributed by atoms with Gasteiger partial charge in [-0.1, -0.05) is 24.3 Å². The summed E-state index contributed by atoms with van der Waals surface area (Å²) in [6, 6.07) is 14.7. The van der Waals surface area contributed by atoms with Crippen molar-refractivity contribution in [2.75, 3.05) is 0 Å². The van der Waals surface area contributed by atoms with Crippen molar-refractivity contribution in [3.05, 3.63) is 64.9 Å². The molecule has 0 fully saturated rings. The zero-order chi connectivity index (χ0) is 14.9. The Morgan fingerprint density at radius 3 is 2.71 bits per heavy atom. The number of nitrogens with two attached hydrogens (primary N) is 1. The van der Waals surface area contributed by atoms with Gasteiger partial charge < -0.3 is 5.73 Å². The van der Waals surface area contributed by atoms with E-state index >= 15 is 0 Å². The molecule has 1 atom stereocenters. The highest BCUT2D eigenvalue weighted by Crippen LogP contribution is 2.25. The third-order valence-electron chi connectivity index (χ3n) is 3.39. The number of aromatic nitrogens is 1. The predicted molar refractivity (Wildman–Crippen MR) is 86.0 cm³/mol. The first-order chi connectivity index (χ1) is 10.0. The van der Waals surface area contributed by atoms with E-state index in [1.54, 1.807) is 23.5 Å². The van der Waals surface area contributed by atoms with Crippen molar-refractivity contribution >= 4 is 21.6 Å². The van der Waals surface area contributed by atoms with Gasteiger partial charge in [0, 0.05) is 12.0 Å². The van der Waals surface area contributed by atoms with Crippen molar-refractivity contribution in [2.24, 2.45) is 5.73 Å². The molecule has 0 aliphatic heterocycles. The fraction of sp³-hybridized carbons (Fsp3) is 0.235. The lowest BCUT2D eigenvalue weighted by Crippen LogP contribution is -2.40. The Hall–Kier alpha value is -1.78. The number of hydrogen-bond donors (Lipinski definition) is 1. The van der Waals surface area contributed by atoms with E-state index in [0.717, 1.165) is 16.1 Å². The van der Waals surface area contributed by atoms with Crippen molar-refractivity contribution in [3.8, 4) is 0 Å². The Kier molecular flexibility index (Phi) is 3.74. The highest BCUT2D eigenvalue weighted by Gasteiger charge is 2.22. The molecule has 108 valence electrons. The summed E-state index contributed by atoms with van der Waals surface area (Å²) in [5.41, 5.74) is 7.88. The number of para-hydroxylation sites is 1. The normalized spacial score (nSPS) is 14.2. The highest BCUT2D eigenvalue weighted by molar-refractivity contribution is 7.18. The van der Waals surface area contributed by atoms with Gasteiger partial charge in [-0.25, -0.2) is 9.37 Å². The fourth-order valence-electron chi connectivity index (χ4n) is 2.52. The zero-order valence-electron chi connectivity index (χ0n) is 11.8. The van der Waals surface area contributed by atoms with Crippen LogP contribution in [-0.4, -0.2) is 10.5 Å². The quantitative estimate of drug-likeness (QED) is 0.792. The van der Waals surface area contributed by atoms with Crippen molar-refractivity contribution in [2.45, 2.75) is 25.3 Å². The molecular weight excluding hydrogens is 283 g/mol. The van der Waals surface area contributed by atoms with Crippen LogP contribution >= 0.6 is 11.3 Å². The molecule has 0 radical (unpaired) electrons. The van der Waals surface area contributed by atoms with Crippen LogP contribution in [-0.2, 0) is 12.8 Å². The molecule has 0 saturated carbocycles. The zero-order valence-corrected chi connectivity index (χ0v) is 12.7. The molecule has 0 aliphatic carbocycles. The number of rotatable bonds is 4. The molecule has 0 spiro atoms. The first-order valence-corrected chi connectivity index (χ1v) is 7.71. The molecule has 4 heteroatoms. The second-order valence-electron chi connectivity index (χ2n) is 5.71. The molecule has 0 saturated heterocycles. The van der Waals surface area contributed by atoms with Crippen LogP contribution in [0.25, 0.3) is 10.2 Å². The van der Waals surface area contributed by atoms with Crippen LogP contribution in [0.2, 0.25) is 0 Å². The van der Waals surface area contributed by atoms with Gasteiger partial charge in [0.1, 0.15) is 5.82 Å². The van der Waals surface area contributed by atoms with Gasteiger partial charge in [0.25, 0.3) is 0 Å². The van der Waals surface area contributed by atoms with Crippen LogP contribution in [0.3, 0.4) is 0 Å². The first kappa shape index (κ1) is 14.2. The van der Waals surface area contributed by atoms with E-state index in [9.17, 15) is 4.39 Å². The van der Waals surface area contributed by atoms with Gasteiger partial charge >= 0.3 is 0 Å². The predicted octanol–water partition coefficient (Wildman–Crippen LogP) is 3.94. The summed E-state index contributed by atoms with van der Waals surface area (Å²) in [5, 5.41) is 1.03. The average Bonchev–Trinajstić information content (AvgIpc) is 2.79. The summed E-state index contributed by atoms with van der Waals surface area (Å²) in [7, 11) is 0. The molecule has 3 aromatic rings. The molecule has 0 aliphatic rings. The van der Waals surface area contributed by atoms with Gasteiger partial charge in [-0.15, -0.1) is 11.3 Å². The lowest BCUT2D eigenvalue weighted by molar-refractivity contribution is 0.461. The number of thiazole rings is 1.